The summed E-state index contributed by atoms with van der Waals surface area (Å²) in [5.74, 6) is -1.86. The number of primary amides is 1. The Labute approximate surface area is 158 Å². The minimum Gasteiger partial charge on any atom is -0.369 e. The zero-order valence-electron chi connectivity index (χ0n) is 15.0. The Bertz CT molecular complexity index is 954. The molecule has 0 aromatic heterocycles. The van der Waals surface area contributed by atoms with Crippen LogP contribution in [0, 0.1) is 18.7 Å². The van der Waals surface area contributed by atoms with Crippen molar-refractivity contribution in [3.63, 3.8) is 0 Å². The van der Waals surface area contributed by atoms with Crippen molar-refractivity contribution in [1.82, 2.24) is 4.90 Å². The first-order valence-corrected chi connectivity index (χ1v) is 12.1. The minimum atomic E-state index is -3.96. The molecule has 2 atom stereocenters. The lowest BCUT2D eigenvalue weighted by atomic mass is 9.95. The maximum atomic E-state index is 13.5. The quantitative estimate of drug-likeness (QED) is 0.702. The van der Waals surface area contributed by atoms with Crippen LogP contribution in [0.25, 0.3) is 0 Å². The SMILES string of the molecule is Cc1cc(S(=O)(=O)C2CS(=O)(=O)CC2N2CCC(C(N)=O)CC2)ccc1F. The lowest BCUT2D eigenvalue weighted by Crippen LogP contribution is -2.50. The summed E-state index contributed by atoms with van der Waals surface area (Å²) >= 11 is 0. The normalized spacial score (nSPS) is 26.9. The maximum absolute atomic E-state index is 13.5. The van der Waals surface area contributed by atoms with E-state index < -0.39 is 42.5 Å². The molecule has 0 aliphatic carbocycles. The molecule has 2 unspecified atom stereocenters. The van der Waals surface area contributed by atoms with Gasteiger partial charge in [0.1, 0.15) is 5.82 Å². The molecule has 0 bridgehead atoms. The summed E-state index contributed by atoms with van der Waals surface area (Å²) in [5, 5.41) is -1.11. The number of aryl methyl sites for hydroxylation is 1. The van der Waals surface area contributed by atoms with E-state index in [0.29, 0.717) is 25.9 Å². The molecule has 7 nitrogen and oxygen atoms in total. The number of carbonyl (C=O) groups excluding carboxylic acids is 1. The van der Waals surface area contributed by atoms with Crippen LogP contribution in [0.1, 0.15) is 18.4 Å². The van der Waals surface area contributed by atoms with Gasteiger partial charge in [0.2, 0.25) is 5.91 Å². The number of halogens is 1. The van der Waals surface area contributed by atoms with Crippen LogP contribution >= 0.6 is 0 Å². The third kappa shape index (κ3) is 4.02. The van der Waals surface area contributed by atoms with E-state index in [1.165, 1.54) is 19.1 Å². The fourth-order valence-corrected chi connectivity index (χ4v) is 8.83. The van der Waals surface area contributed by atoms with Crippen LogP contribution in [0.15, 0.2) is 23.1 Å². The summed E-state index contributed by atoms with van der Waals surface area (Å²) in [6, 6.07) is 2.82. The Hall–Kier alpha value is -1.52. The number of nitrogens with zero attached hydrogens (tertiary/aromatic N) is 1. The third-order valence-electron chi connectivity index (χ3n) is 5.53. The predicted octanol–water partition coefficient (Wildman–Crippen LogP) is 0.271. The first-order valence-electron chi connectivity index (χ1n) is 8.75. The fraction of sp³-hybridized carbons (Fsp3) is 0.588. The minimum absolute atomic E-state index is 0.0690. The molecule has 2 aliphatic rings. The van der Waals surface area contributed by atoms with Gasteiger partial charge < -0.3 is 5.73 Å². The van der Waals surface area contributed by atoms with Crippen LogP contribution in [0.4, 0.5) is 4.39 Å². The Kier molecular flexibility index (Phi) is 5.35. The van der Waals surface area contributed by atoms with E-state index in [4.69, 9.17) is 5.73 Å². The molecule has 2 fully saturated rings. The van der Waals surface area contributed by atoms with Crippen LogP contribution in [-0.2, 0) is 24.5 Å². The second kappa shape index (κ2) is 7.14. The number of likely N-dealkylation sites (tertiary alicyclic amines) is 1. The number of benzene rings is 1. The van der Waals surface area contributed by atoms with Crippen molar-refractivity contribution >= 4 is 25.6 Å². The Morgan fingerprint density at radius 1 is 1.22 bits per heavy atom. The van der Waals surface area contributed by atoms with Crippen molar-refractivity contribution in [1.29, 1.82) is 0 Å². The number of carbonyl (C=O) groups is 1. The highest BCUT2D eigenvalue weighted by Gasteiger charge is 2.48. The van der Waals surface area contributed by atoms with Gasteiger partial charge in [-0.05, 0) is 56.6 Å². The summed E-state index contributed by atoms with van der Waals surface area (Å²) < 4.78 is 64.2. The molecule has 2 saturated heterocycles. The number of piperidine rings is 1. The number of amides is 1. The van der Waals surface area contributed by atoms with Crippen LogP contribution in [0.2, 0.25) is 0 Å². The maximum Gasteiger partial charge on any atom is 0.220 e. The van der Waals surface area contributed by atoms with E-state index in [1.807, 2.05) is 4.90 Å². The van der Waals surface area contributed by atoms with E-state index in [9.17, 15) is 26.0 Å². The van der Waals surface area contributed by atoms with Crippen LogP contribution in [0.5, 0.6) is 0 Å². The molecule has 1 aromatic carbocycles. The lowest BCUT2D eigenvalue weighted by Gasteiger charge is -2.36. The monoisotopic (exact) mass is 418 g/mol. The Balaban J connectivity index is 1.90. The van der Waals surface area contributed by atoms with Crippen LogP contribution < -0.4 is 5.73 Å². The molecular weight excluding hydrogens is 395 g/mol. The van der Waals surface area contributed by atoms with E-state index in [2.05, 4.69) is 0 Å². The largest absolute Gasteiger partial charge is 0.369 e. The van der Waals surface area contributed by atoms with E-state index in [1.54, 1.807) is 0 Å². The van der Waals surface area contributed by atoms with Crippen molar-refractivity contribution in [3.05, 3.63) is 29.6 Å². The Morgan fingerprint density at radius 3 is 2.41 bits per heavy atom. The highest BCUT2D eigenvalue weighted by atomic mass is 32.2. The van der Waals surface area contributed by atoms with E-state index in [0.717, 1.165) is 6.07 Å². The molecule has 2 N–H and O–H groups in total. The number of rotatable bonds is 4. The molecule has 3 rings (SSSR count). The molecule has 27 heavy (non-hydrogen) atoms. The number of hydrogen-bond donors (Lipinski definition) is 1. The molecule has 0 saturated carbocycles. The average molecular weight is 419 g/mol. The third-order valence-corrected chi connectivity index (χ3v) is 9.65. The van der Waals surface area contributed by atoms with Crippen LogP contribution in [0.3, 0.4) is 0 Å². The van der Waals surface area contributed by atoms with Crippen LogP contribution in [-0.4, -0.2) is 63.5 Å². The van der Waals surface area contributed by atoms with E-state index in [-0.39, 0.29) is 28.0 Å². The van der Waals surface area contributed by atoms with Gasteiger partial charge in [0, 0.05) is 12.0 Å². The molecule has 0 spiro atoms. The number of hydrogen-bond acceptors (Lipinski definition) is 6. The number of sulfone groups is 2. The summed E-state index contributed by atoms with van der Waals surface area (Å²) in [4.78, 5) is 13.1. The summed E-state index contributed by atoms with van der Waals surface area (Å²) in [5.41, 5.74) is 5.52. The van der Waals surface area contributed by atoms with Gasteiger partial charge in [-0.15, -0.1) is 0 Å². The molecule has 2 aliphatic heterocycles. The van der Waals surface area contributed by atoms with Crippen molar-refractivity contribution in [3.8, 4) is 0 Å². The predicted molar refractivity (Wildman–Crippen MR) is 98.0 cm³/mol. The summed E-state index contributed by atoms with van der Waals surface area (Å²) in [7, 11) is -7.48. The van der Waals surface area contributed by atoms with Gasteiger partial charge in [0.05, 0.1) is 21.7 Å². The summed E-state index contributed by atoms with van der Waals surface area (Å²) in [6.07, 6.45) is 0.961. The zero-order chi connectivity index (χ0) is 20.0. The van der Waals surface area contributed by atoms with Gasteiger partial charge in [0.15, 0.2) is 19.7 Å². The molecule has 2 heterocycles. The standard InChI is InChI=1S/C17H23FN2O5S2/c1-11-8-13(2-3-14(11)18)27(24,25)16-10-26(22,23)9-15(16)20-6-4-12(5-7-20)17(19)21/h2-3,8,12,15-16H,4-7,9-10H2,1H3,(H2,19,21). The smallest absolute Gasteiger partial charge is 0.220 e. The first-order chi connectivity index (χ1) is 12.5. The molecule has 150 valence electrons. The van der Waals surface area contributed by atoms with Gasteiger partial charge >= 0.3 is 0 Å². The second-order valence-corrected chi connectivity index (χ2v) is 11.7. The fourth-order valence-electron chi connectivity index (χ4n) is 3.92. The molecule has 1 amide bonds. The van der Waals surface area contributed by atoms with Gasteiger partial charge in [-0.1, -0.05) is 0 Å². The van der Waals surface area contributed by atoms with Crippen molar-refractivity contribution in [2.45, 2.75) is 36.0 Å². The summed E-state index contributed by atoms with van der Waals surface area (Å²) in [6.45, 7) is 2.30. The van der Waals surface area contributed by atoms with Gasteiger partial charge in [-0.25, -0.2) is 21.2 Å². The van der Waals surface area contributed by atoms with Crippen molar-refractivity contribution in [2.75, 3.05) is 24.6 Å². The topological polar surface area (TPSA) is 115 Å². The second-order valence-electron chi connectivity index (χ2n) is 7.35. The number of nitrogens with two attached hydrogens (primary N) is 1. The molecule has 10 heteroatoms. The lowest BCUT2D eigenvalue weighted by molar-refractivity contribution is -0.123. The Morgan fingerprint density at radius 2 is 1.85 bits per heavy atom. The van der Waals surface area contributed by atoms with Gasteiger partial charge in [0.25, 0.3) is 0 Å². The first kappa shape index (κ1) is 20.2. The van der Waals surface area contributed by atoms with E-state index >= 15 is 0 Å². The van der Waals surface area contributed by atoms with Crippen molar-refractivity contribution in [2.24, 2.45) is 11.7 Å². The molecular formula is C17H23FN2O5S2. The molecule has 0 radical (unpaired) electrons. The van der Waals surface area contributed by atoms with Crippen molar-refractivity contribution < 1.29 is 26.0 Å². The van der Waals surface area contributed by atoms with Gasteiger partial charge in [-0.3, -0.25) is 9.69 Å². The molecule has 1 aromatic rings. The highest BCUT2D eigenvalue weighted by molar-refractivity contribution is 7.96. The van der Waals surface area contributed by atoms with Gasteiger partial charge in [-0.2, -0.15) is 0 Å². The highest BCUT2D eigenvalue weighted by Crippen LogP contribution is 2.32. The average Bonchev–Trinajstić information content (AvgIpc) is 2.94. The zero-order valence-corrected chi connectivity index (χ0v) is 16.6.